The Morgan fingerprint density at radius 1 is 1.19 bits per heavy atom. The first-order chi connectivity index (χ1) is 10.2. The molecule has 3 rings (SSSR count). The zero-order valence-electron chi connectivity index (χ0n) is 12.8. The highest BCUT2D eigenvalue weighted by Crippen LogP contribution is 2.29. The van der Waals surface area contributed by atoms with Gasteiger partial charge in [0.05, 0.1) is 7.11 Å². The van der Waals surface area contributed by atoms with E-state index in [2.05, 4.69) is 19.2 Å². The molecule has 1 atom stereocenters. The molecule has 4 heteroatoms. The molecule has 1 aromatic heterocycles. The van der Waals surface area contributed by atoms with E-state index in [0.717, 1.165) is 41.6 Å². The van der Waals surface area contributed by atoms with Crippen LogP contribution >= 0.6 is 0 Å². The highest BCUT2D eigenvalue weighted by atomic mass is 16.5. The van der Waals surface area contributed by atoms with Gasteiger partial charge in [0.1, 0.15) is 5.75 Å². The fourth-order valence-corrected chi connectivity index (χ4v) is 3.11. The van der Waals surface area contributed by atoms with Gasteiger partial charge in [-0.05, 0) is 44.5 Å². The molecule has 0 bridgehead atoms. The third-order valence-corrected chi connectivity index (χ3v) is 4.12. The van der Waals surface area contributed by atoms with E-state index in [1.807, 2.05) is 24.3 Å². The lowest BCUT2D eigenvalue weighted by Crippen LogP contribution is -2.12. The van der Waals surface area contributed by atoms with Crippen molar-refractivity contribution < 1.29 is 4.74 Å². The summed E-state index contributed by atoms with van der Waals surface area (Å²) in [6, 6.07) is 7.90. The van der Waals surface area contributed by atoms with Crippen LogP contribution in [-0.4, -0.2) is 30.2 Å². The zero-order valence-corrected chi connectivity index (χ0v) is 12.8. The summed E-state index contributed by atoms with van der Waals surface area (Å²) in [5, 5.41) is 3.41. The molecule has 110 valence electrons. The quantitative estimate of drug-likeness (QED) is 0.941. The van der Waals surface area contributed by atoms with E-state index in [4.69, 9.17) is 14.7 Å². The summed E-state index contributed by atoms with van der Waals surface area (Å²) in [5.41, 5.74) is 4.49. The van der Waals surface area contributed by atoms with Crippen LogP contribution in [0.3, 0.4) is 0 Å². The molecule has 1 aliphatic rings. The summed E-state index contributed by atoms with van der Waals surface area (Å²) in [6.45, 7) is 6.29. The van der Waals surface area contributed by atoms with Gasteiger partial charge in [-0.2, -0.15) is 0 Å². The van der Waals surface area contributed by atoms with Crippen LogP contribution in [0.5, 0.6) is 5.75 Å². The van der Waals surface area contributed by atoms with Crippen LogP contribution < -0.4 is 10.1 Å². The first-order valence-corrected chi connectivity index (χ1v) is 7.39. The Kier molecular flexibility index (Phi) is 3.88. The van der Waals surface area contributed by atoms with E-state index in [9.17, 15) is 0 Å². The first kappa shape index (κ1) is 14.0. The SMILES string of the molecule is COc1cccc(-c2nc(C)c(C3CCNC3)c(C)n2)c1. The molecule has 1 fully saturated rings. The molecule has 0 saturated carbocycles. The predicted octanol–water partition coefficient (Wildman–Crippen LogP) is 2.85. The Labute approximate surface area is 125 Å². The van der Waals surface area contributed by atoms with Crippen molar-refractivity contribution in [3.63, 3.8) is 0 Å². The van der Waals surface area contributed by atoms with E-state index < -0.39 is 0 Å². The summed E-state index contributed by atoms with van der Waals surface area (Å²) in [4.78, 5) is 9.46. The van der Waals surface area contributed by atoms with E-state index in [-0.39, 0.29) is 0 Å². The second-order valence-corrected chi connectivity index (χ2v) is 5.55. The molecule has 0 amide bonds. The molecule has 1 aromatic carbocycles. The normalized spacial score (nSPS) is 18.0. The maximum Gasteiger partial charge on any atom is 0.159 e. The van der Waals surface area contributed by atoms with Crippen LogP contribution in [0.2, 0.25) is 0 Å². The molecule has 21 heavy (non-hydrogen) atoms. The lowest BCUT2D eigenvalue weighted by molar-refractivity contribution is 0.415. The number of rotatable bonds is 3. The monoisotopic (exact) mass is 283 g/mol. The molecule has 0 aliphatic carbocycles. The number of nitrogens with one attached hydrogen (secondary N) is 1. The Hall–Kier alpha value is -1.94. The minimum atomic E-state index is 0.546. The number of methoxy groups -OCH3 is 1. The second kappa shape index (κ2) is 5.82. The molecule has 1 saturated heterocycles. The highest BCUT2D eigenvalue weighted by Gasteiger charge is 2.22. The van der Waals surface area contributed by atoms with Gasteiger partial charge in [0.2, 0.25) is 0 Å². The van der Waals surface area contributed by atoms with Crippen molar-refractivity contribution in [1.82, 2.24) is 15.3 Å². The van der Waals surface area contributed by atoms with Crippen molar-refractivity contribution in [2.75, 3.05) is 20.2 Å². The summed E-state index contributed by atoms with van der Waals surface area (Å²) >= 11 is 0. The Bertz CT molecular complexity index is 625. The summed E-state index contributed by atoms with van der Waals surface area (Å²) in [5.74, 6) is 2.15. The van der Waals surface area contributed by atoms with Gasteiger partial charge in [-0.25, -0.2) is 9.97 Å². The highest BCUT2D eigenvalue weighted by molar-refractivity contribution is 5.58. The molecule has 1 N–H and O–H groups in total. The van der Waals surface area contributed by atoms with Gasteiger partial charge >= 0.3 is 0 Å². The smallest absolute Gasteiger partial charge is 0.159 e. The summed E-state index contributed by atoms with van der Waals surface area (Å²) in [6.07, 6.45) is 1.17. The molecular weight excluding hydrogens is 262 g/mol. The molecule has 4 nitrogen and oxygen atoms in total. The lowest BCUT2D eigenvalue weighted by Gasteiger charge is -2.16. The van der Waals surface area contributed by atoms with Crippen LogP contribution in [0.25, 0.3) is 11.4 Å². The fourth-order valence-electron chi connectivity index (χ4n) is 3.11. The number of benzene rings is 1. The third-order valence-electron chi connectivity index (χ3n) is 4.12. The fraction of sp³-hybridized carbons (Fsp3) is 0.412. The number of aryl methyl sites for hydroxylation is 2. The van der Waals surface area contributed by atoms with E-state index in [1.165, 1.54) is 12.0 Å². The average Bonchev–Trinajstić information content (AvgIpc) is 3.00. The van der Waals surface area contributed by atoms with Gasteiger partial charge in [0.15, 0.2) is 5.82 Å². The summed E-state index contributed by atoms with van der Waals surface area (Å²) in [7, 11) is 1.67. The molecule has 2 heterocycles. The van der Waals surface area contributed by atoms with E-state index in [0.29, 0.717) is 5.92 Å². The van der Waals surface area contributed by atoms with Crippen molar-refractivity contribution in [2.24, 2.45) is 0 Å². The number of hydrogen-bond acceptors (Lipinski definition) is 4. The zero-order chi connectivity index (χ0) is 14.8. The number of hydrogen-bond donors (Lipinski definition) is 1. The third kappa shape index (κ3) is 2.76. The van der Waals surface area contributed by atoms with Crippen LogP contribution in [0.1, 0.15) is 29.3 Å². The molecule has 0 spiro atoms. The van der Waals surface area contributed by atoms with Crippen molar-refractivity contribution in [3.8, 4) is 17.1 Å². The van der Waals surface area contributed by atoms with Gasteiger partial charge in [0.25, 0.3) is 0 Å². The maximum absolute atomic E-state index is 5.28. The molecular formula is C17H21N3O. The molecule has 0 radical (unpaired) electrons. The second-order valence-electron chi connectivity index (χ2n) is 5.55. The predicted molar refractivity (Wildman–Crippen MR) is 83.7 cm³/mol. The molecule has 2 aromatic rings. The largest absolute Gasteiger partial charge is 0.497 e. The molecule has 1 aliphatic heterocycles. The van der Waals surface area contributed by atoms with Gasteiger partial charge in [0, 0.05) is 29.4 Å². The van der Waals surface area contributed by atoms with Crippen molar-refractivity contribution in [1.29, 1.82) is 0 Å². The number of ether oxygens (including phenoxy) is 1. The molecule has 1 unspecified atom stereocenters. The topological polar surface area (TPSA) is 47.0 Å². The summed E-state index contributed by atoms with van der Waals surface area (Å²) < 4.78 is 5.28. The van der Waals surface area contributed by atoms with Crippen LogP contribution in [0, 0.1) is 13.8 Å². The van der Waals surface area contributed by atoms with Crippen molar-refractivity contribution in [2.45, 2.75) is 26.2 Å². The van der Waals surface area contributed by atoms with Crippen molar-refractivity contribution >= 4 is 0 Å². The Morgan fingerprint density at radius 2 is 1.95 bits per heavy atom. The van der Waals surface area contributed by atoms with Gasteiger partial charge in [-0.3, -0.25) is 0 Å². The minimum absolute atomic E-state index is 0.546. The Morgan fingerprint density at radius 3 is 2.57 bits per heavy atom. The minimum Gasteiger partial charge on any atom is -0.497 e. The lowest BCUT2D eigenvalue weighted by atomic mass is 9.95. The van der Waals surface area contributed by atoms with Crippen LogP contribution in [-0.2, 0) is 0 Å². The van der Waals surface area contributed by atoms with Crippen LogP contribution in [0.15, 0.2) is 24.3 Å². The van der Waals surface area contributed by atoms with Crippen LogP contribution in [0.4, 0.5) is 0 Å². The standard InChI is InChI=1S/C17H21N3O/c1-11-16(14-7-8-18-10-14)12(2)20-17(19-11)13-5-4-6-15(9-13)21-3/h4-6,9,14,18H,7-8,10H2,1-3H3. The van der Waals surface area contributed by atoms with E-state index >= 15 is 0 Å². The van der Waals surface area contributed by atoms with Gasteiger partial charge in [-0.1, -0.05) is 12.1 Å². The average molecular weight is 283 g/mol. The van der Waals surface area contributed by atoms with E-state index in [1.54, 1.807) is 7.11 Å². The van der Waals surface area contributed by atoms with Gasteiger partial charge < -0.3 is 10.1 Å². The Balaban J connectivity index is 2.01. The first-order valence-electron chi connectivity index (χ1n) is 7.39. The number of aromatic nitrogens is 2. The maximum atomic E-state index is 5.28. The van der Waals surface area contributed by atoms with Gasteiger partial charge in [-0.15, -0.1) is 0 Å². The van der Waals surface area contributed by atoms with Crippen molar-refractivity contribution in [3.05, 3.63) is 41.2 Å². The number of nitrogens with zero attached hydrogens (tertiary/aromatic N) is 2.